The third-order valence-corrected chi connectivity index (χ3v) is 3.57. The van der Waals surface area contributed by atoms with Crippen LogP contribution in [0.1, 0.15) is 32.3 Å². The van der Waals surface area contributed by atoms with Crippen molar-refractivity contribution in [3.05, 3.63) is 35.6 Å². The molecule has 4 heteroatoms. The normalized spacial score (nSPS) is 16.2. The van der Waals surface area contributed by atoms with Crippen LogP contribution in [0.5, 0.6) is 0 Å². The summed E-state index contributed by atoms with van der Waals surface area (Å²) in [7, 11) is 0. The molecule has 0 radical (unpaired) electrons. The molecule has 1 fully saturated rings. The lowest BCUT2D eigenvalue weighted by atomic mass is 9.96. The number of rotatable bonds is 5. The standard InChI is InChI=1S/C15H21FN2O/c1-11(2)9-17-14(19)18-10-15(7-8-15)12-3-5-13(16)6-4-12/h3-6,11H,7-10H2,1-2H3,(H2,17,18,19). The van der Waals surface area contributed by atoms with E-state index in [4.69, 9.17) is 0 Å². The maximum atomic E-state index is 12.9. The monoisotopic (exact) mass is 264 g/mol. The molecule has 2 rings (SSSR count). The average molecular weight is 264 g/mol. The van der Waals surface area contributed by atoms with Crippen molar-refractivity contribution in [1.29, 1.82) is 0 Å². The first-order valence-electron chi connectivity index (χ1n) is 6.80. The van der Waals surface area contributed by atoms with E-state index in [-0.39, 0.29) is 17.3 Å². The van der Waals surface area contributed by atoms with Gasteiger partial charge < -0.3 is 10.6 Å². The van der Waals surface area contributed by atoms with Gasteiger partial charge >= 0.3 is 6.03 Å². The number of hydrogen-bond acceptors (Lipinski definition) is 1. The van der Waals surface area contributed by atoms with E-state index < -0.39 is 0 Å². The fourth-order valence-electron chi connectivity index (χ4n) is 2.13. The van der Waals surface area contributed by atoms with Gasteiger partial charge in [0.05, 0.1) is 0 Å². The number of hydrogen-bond donors (Lipinski definition) is 2. The van der Waals surface area contributed by atoms with Gasteiger partial charge in [0.1, 0.15) is 5.82 Å². The summed E-state index contributed by atoms with van der Waals surface area (Å²) in [4.78, 5) is 11.6. The summed E-state index contributed by atoms with van der Waals surface area (Å²) in [5.41, 5.74) is 1.13. The van der Waals surface area contributed by atoms with Crippen LogP contribution in [-0.2, 0) is 5.41 Å². The first kappa shape index (κ1) is 13.8. The Bertz CT molecular complexity index is 438. The zero-order chi connectivity index (χ0) is 13.9. The second-order valence-corrected chi connectivity index (χ2v) is 5.74. The highest BCUT2D eigenvalue weighted by Gasteiger charge is 2.44. The summed E-state index contributed by atoms with van der Waals surface area (Å²) in [5, 5.41) is 5.74. The Morgan fingerprint density at radius 3 is 2.42 bits per heavy atom. The van der Waals surface area contributed by atoms with E-state index >= 15 is 0 Å². The summed E-state index contributed by atoms with van der Waals surface area (Å²) in [6, 6.07) is 6.47. The van der Waals surface area contributed by atoms with Crippen LogP contribution in [0.4, 0.5) is 9.18 Å². The van der Waals surface area contributed by atoms with Gasteiger partial charge in [-0.3, -0.25) is 0 Å². The minimum Gasteiger partial charge on any atom is -0.338 e. The number of benzene rings is 1. The number of halogens is 1. The Hall–Kier alpha value is -1.58. The maximum absolute atomic E-state index is 12.9. The van der Waals surface area contributed by atoms with Gasteiger partial charge in [-0.1, -0.05) is 26.0 Å². The predicted molar refractivity (Wildman–Crippen MR) is 73.6 cm³/mol. The molecule has 1 aromatic carbocycles. The first-order valence-corrected chi connectivity index (χ1v) is 6.80. The zero-order valence-corrected chi connectivity index (χ0v) is 11.5. The Morgan fingerprint density at radius 2 is 1.89 bits per heavy atom. The van der Waals surface area contributed by atoms with E-state index in [1.54, 1.807) is 0 Å². The first-order chi connectivity index (χ1) is 9.02. The van der Waals surface area contributed by atoms with Gasteiger partial charge in [0, 0.05) is 18.5 Å². The van der Waals surface area contributed by atoms with Crippen molar-refractivity contribution >= 4 is 6.03 Å². The number of nitrogens with one attached hydrogen (secondary N) is 2. The fourth-order valence-corrected chi connectivity index (χ4v) is 2.13. The Morgan fingerprint density at radius 1 is 1.26 bits per heavy atom. The van der Waals surface area contributed by atoms with Crippen LogP contribution in [-0.4, -0.2) is 19.1 Å². The van der Waals surface area contributed by atoms with Crippen LogP contribution in [0.3, 0.4) is 0 Å². The molecule has 2 N–H and O–H groups in total. The van der Waals surface area contributed by atoms with Crippen molar-refractivity contribution in [2.45, 2.75) is 32.1 Å². The summed E-state index contributed by atoms with van der Waals surface area (Å²) in [6.45, 7) is 5.40. The van der Waals surface area contributed by atoms with Crippen LogP contribution < -0.4 is 10.6 Å². The molecule has 0 bridgehead atoms. The molecule has 0 aromatic heterocycles. The molecule has 0 spiro atoms. The Kier molecular flexibility index (Phi) is 4.08. The lowest BCUT2D eigenvalue weighted by Crippen LogP contribution is -2.41. The van der Waals surface area contributed by atoms with E-state index in [2.05, 4.69) is 24.5 Å². The molecule has 104 valence electrons. The van der Waals surface area contributed by atoms with Gasteiger partial charge in [-0.15, -0.1) is 0 Å². The maximum Gasteiger partial charge on any atom is 0.314 e. The molecule has 1 aliphatic rings. The van der Waals surface area contributed by atoms with Crippen LogP contribution in [0.15, 0.2) is 24.3 Å². The van der Waals surface area contributed by atoms with E-state index in [0.717, 1.165) is 18.4 Å². The summed E-state index contributed by atoms with van der Waals surface area (Å²) >= 11 is 0. The zero-order valence-electron chi connectivity index (χ0n) is 11.5. The summed E-state index contributed by atoms with van der Waals surface area (Å²) in [6.07, 6.45) is 2.09. The van der Waals surface area contributed by atoms with Gasteiger partial charge in [0.25, 0.3) is 0 Å². The van der Waals surface area contributed by atoms with Crippen LogP contribution in [0.25, 0.3) is 0 Å². The highest BCUT2D eigenvalue weighted by atomic mass is 19.1. The van der Waals surface area contributed by atoms with Crippen LogP contribution >= 0.6 is 0 Å². The third-order valence-electron chi connectivity index (χ3n) is 3.57. The number of carbonyl (C=O) groups excluding carboxylic acids is 1. The highest BCUT2D eigenvalue weighted by molar-refractivity contribution is 5.74. The topological polar surface area (TPSA) is 41.1 Å². The second-order valence-electron chi connectivity index (χ2n) is 5.74. The Balaban J connectivity index is 1.85. The third kappa shape index (κ3) is 3.69. The molecule has 1 aromatic rings. The quantitative estimate of drug-likeness (QED) is 0.843. The van der Waals surface area contributed by atoms with E-state index in [9.17, 15) is 9.18 Å². The smallest absolute Gasteiger partial charge is 0.314 e. The van der Waals surface area contributed by atoms with Gasteiger partial charge in [-0.25, -0.2) is 9.18 Å². The second kappa shape index (κ2) is 5.59. The number of amides is 2. The minimum absolute atomic E-state index is 0.0167. The van der Waals surface area contributed by atoms with Gasteiger partial charge in [-0.2, -0.15) is 0 Å². The highest BCUT2D eigenvalue weighted by Crippen LogP contribution is 2.47. The van der Waals surface area contributed by atoms with E-state index in [0.29, 0.717) is 19.0 Å². The number of carbonyl (C=O) groups is 1. The molecule has 0 saturated heterocycles. The molecule has 0 unspecified atom stereocenters. The van der Waals surface area contributed by atoms with Crippen molar-refractivity contribution in [3.63, 3.8) is 0 Å². The van der Waals surface area contributed by atoms with Crippen LogP contribution in [0.2, 0.25) is 0 Å². The molecular formula is C15H21FN2O. The van der Waals surface area contributed by atoms with Crippen molar-refractivity contribution < 1.29 is 9.18 Å². The van der Waals surface area contributed by atoms with Crippen molar-refractivity contribution in [2.75, 3.05) is 13.1 Å². The molecule has 0 atom stereocenters. The predicted octanol–water partition coefficient (Wildman–Crippen LogP) is 2.81. The number of urea groups is 1. The Labute approximate surface area is 113 Å². The van der Waals surface area contributed by atoms with Crippen molar-refractivity contribution in [1.82, 2.24) is 10.6 Å². The van der Waals surface area contributed by atoms with E-state index in [1.165, 1.54) is 12.1 Å². The average Bonchev–Trinajstić information content (AvgIpc) is 3.16. The molecule has 3 nitrogen and oxygen atoms in total. The SMILES string of the molecule is CC(C)CNC(=O)NCC1(c2ccc(F)cc2)CC1. The molecule has 0 heterocycles. The van der Waals surface area contributed by atoms with Gasteiger partial charge in [0.15, 0.2) is 0 Å². The van der Waals surface area contributed by atoms with Crippen molar-refractivity contribution in [2.24, 2.45) is 5.92 Å². The van der Waals surface area contributed by atoms with Crippen molar-refractivity contribution in [3.8, 4) is 0 Å². The van der Waals surface area contributed by atoms with Gasteiger partial charge in [0.2, 0.25) is 0 Å². The molecule has 2 amide bonds. The van der Waals surface area contributed by atoms with Crippen LogP contribution in [0, 0.1) is 11.7 Å². The lowest BCUT2D eigenvalue weighted by molar-refractivity contribution is 0.238. The minimum atomic E-state index is -0.220. The molecule has 1 aliphatic carbocycles. The van der Waals surface area contributed by atoms with Gasteiger partial charge in [-0.05, 0) is 36.5 Å². The molecule has 19 heavy (non-hydrogen) atoms. The molecular weight excluding hydrogens is 243 g/mol. The lowest BCUT2D eigenvalue weighted by Gasteiger charge is -2.17. The van der Waals surface area contributed by atoms with E-state index in [1.807, 2.05) is 12.1 Å². The summed E-state index contributed by atoms with van der Waals surface area (Å²) in [5.74, 6) is 0.222. The fraction of sp³-hybridized carbons (Fsp3) is 0.533. The summed E-state index contributed by atoms with van der Waals surface area (Å²) < 4.78 is 12.9. The largest absolute Gasteiger partial charge is 0.338 e. The molecule has 1 saturated carbocycles. The molecule has 0 aliphatic heterocycles.